The fraction of sp³-hybridized carbons (Fsp3) is 0.212. The zero-order valence-electron chi connectivity index (χ0n) is 21.7. The van der Waals surface area contributed by atoms with Crippen molar-refractivity contribution in [2.75, 3.05) is 26.2 Å². The molecule has 198 valence electrons. The van der Waals surface area contributed by atoms with E-state index in [1.807, 2.05) is 47.4 Å². The Bertz CT molecular complexity index is 1330. The van der Waals surface area contributed by atoms with E-state index in [-0.39, 0.29) is 24.3 Å². The van der Waals surface area contributed by atoms with Crippen molar-refractivity contribution in [3.8, 4) is 0 Å². The Balaban J connectivity index is 1.28. The summed E-state index contributed by atoms with van der Waals surface area (Å²) in [7, 11) is 0. The van der Waals surface area contributed by atoms with Crippen LogP contribution in [0, 0.1) is 0 Å². The van der Waals surface area contributed by atoms with E-state index in [4.69, 9.17) is 11.6 Å². The lowest BCUT2D eigenvalue weighted by Gasteiger charge is -2.40. The van der Waals surface area contributed by atoms with Crippen LogP contribution < -0.4 is 5.32 Å². The molecule has 1 fully saturated rings. The molecule has 0 radical (unpaired) electrons. The van der Waals surface area contributed by atoms with Gasteiger partial charge in [-0.15, -0.1) is 0 Å². The normalized spacial score (nSPS) is 14.7. The molecule has 0 unspecified atom stereocenters. The third-order valence-electron chi connectivity index (χ3n) is 7.27. The monoisotopic (exact) mass is 537 g/mol. The highest BCUT2D eigenvalue weighted by Gasteiger charge is 2.30. The largest absolute Gasteiger partial charge is 0.345 e. The van der Waals surface area contributed by atoms with Crippen LogP contribution in [0.2, 0.25) is 5.02 Å². The zero-order chi connectivity index (χ0) is 27.0. The Morgan fingerprint density at radius 1 is 0.667 bits per heavy atom. The Morgan fingerprint density at radius 2 is 1.15 bits per heavy atom. The van der Waals surface area contributed by atoms with Gasteiger partial charge in [0.1, 0.15) is 0 Å². The number of piperazine rings is 1. The highest BCUT2D eigenvalue weighted by atomic mass is 35.5. The van der Waals surface area contributed by atoms with E-state index >= 15 is 0 Å². The minimum atomic E-state index is -0.457. The molecule has 1 N–H and O–H groups in total. The molecular weight excluding hydrogens is 506 g/mol. The van der Waals surface area contributed by atoms with Crippen LogP contribution in [-0.2, 0) is 4.79 Å². The number of hydrogen-bond donors (Lipinski definition) is 1. The summed E-state index contributed by atoms with van der Waals surface area (Å²) in [6.07, 6.45) is 0.182. The van der Waals surface area contributed by atoms with Crippen molar-refractivity contribution in [2.24, 2.45) is 0 Å². The maximum atomic E-state index is 13.5. The smallest absolute Gasteiger partial charge is 0.253 e. The number of carbonyl (C=O) groups excluding carboxylic acids is 2. The van der Waals surface area contributed by atoms with Crippen LogP contribution >= 0.6 is 11.6 Å². The molecule has 5 nitrogen and oxygen atoms in total. The molecule has 5 rings (SSSR count). The molecule has 0 aromatic heterocycles. The quantitative estimate of drug-likeness (QED) is 0.294. The molecule has 0 saturated carbocycles. The number of nitrogens with zero attached hydrogens (tertiary/aromatic N) is 2. The number of benzene rings is 4. The summed E-state index contributed by atoms with van der Waals surface area (Å²) in [6.45, 7) is 2.80. The SMILES string of the molecule is O=C(N[C@H](CC(=O)N1CCN(C(c2ccccc2)c2ccccc2)CC1)c1ccccc1)c1ccccc1Cl. The van der Waals surface area contributed by atoms with Crippen LogP contribution in [-0.4, -0.2) is 47.8 Å². The Morgan fingerprint density at radius 3 is 1.69 bits per heavy atom. The van der Waals surface area contributed by atoms with Crippen molar-refractivity contribution in [1.29, 1.82) is 0 Å². The van der Waals surface area contributed by atoms with Crippen LogP contribution in [0.15, 0.2) is 115 Å². The third kappa shape index (κ3) is 6.56. The second kappa shape index (κ2) is 12.7. The summed E-state index contributed by atoms with van der Waals surface area (Å²) in [5.41, 5.74) is 3.77. The van der Waals surface area contributed by atoms with Gasteiger partial charge in [0.2, 0.25) is 5.91 Å². The second-order valence-electron chi connectivity index (χ2n) is 9.76. The number of carbonyl (C=O) groups is 2. The van der Waals surface area contributed by atoms with E-state index in [0.717, 1.165) is 18.7 Å². The van der Waals surface area contributed by atoms with Crippen molar-refractivity contribution in [3.63, 3.8) is 0 Å². The molecule has 2 amide bonds. The van der Waals surface area contributed by atoms with Gasteiger partial charge in [-0.1, -0.05) is 115 Å². The van der Waals surface area contributed by atoms with Gasteiger partial charge in [0.25, 0.3) is 5.91 Å². The molecule has 4 aromatic carbocycles. The summed E-state index contributed by atoms with van der Waals surface area (Å²) < 4.78 is 0. The van der Waals surface area contributed by atoms with Crippen molar-refractivity contribution in [3.05, 3.63) is 143 Å². The van der Waals surface area contributed by atoms with E-state index in [1.165, 1.54) is 11.1 Å². The molecule has 1 atom stereocenters. The van der Waals surface area contributed by atoms with Crippen molar-refractivity contribution < 1.29 is 9.59 Å². The van der Waals surface area contributed by atoms with Gasteiger partial charge in [0.05, 0.1) is 29.1 Å². The van der Waals surface area contributed by atoms with Gasteiger partial charge in [0.15, 0.2) is 0 Å². The maximum absolute atomic E-state index is 13.5. The average molecular weight is 538 g/mol. The highest BCUT2D eigenvalue weighted by molar-refractivity contribution is 6.33. The number of rotatable bonds is 8. The molecule has 1 aliphatic heterocycles. The first-order valence-electron chi connectivity index (χ1n) is 13.3. The summed E-state index contributed by atoms with van der Waals surface area (Å²) in [6, 6.07) is 37.3. The first kappa shape index (κ1) is 26.7. The van der Waals surface area contributed by atoms with Crippen molar-refractivity contribution in [1.82, 2.24) is 15.1 Å². The summed E-state index contributed by atoms with van der Waals surface area (Å²) in [5, 5.41) is 3.43. The van der Waals surface area contributed by atoms with E-state index < -0.39 is 6.04 Å². The first-order valence-corrected chi connectivity index (χ1v) is 13.7. The lowest BCUT2D eigenvalue weighted by molar-refractivity contribution is -0.133. The fourth-order valence-electron chi connectivity index (χ4n) is 5.24. The van der Waals surface area contributed by atoms with Crippen LogP contribution in [0.4, 0.5) is 0 Å². The summed E-state index contributed by atoms with van der Waals surface area (Å²) >= 11 is 6.26. The molecule has 1 saturated heterocycles. The number of amides is 2. The van der Waals surface area contributed by atoms with Gasteiger partial charge in [0, 0.05) is 26.2 Å². The topological polar surface area (TPSA) is 52.7 Å². The van der Waals surface area contributed by atoms with Gasteiger partial charge >= 0.3 is 0 Å². The molecule has 1 heterocycles. The number of nitrogens with one attached hydrogen (secondary N) is 1. The average Bonchev–Trinajstić information content (AvgIpc) is 2.99. The highest BCUT2D eigenvalue weighted by Crippen LogP contribution is 2.30. The number of hydrogen-bond acceptors (Lipinski definition) is 3. The van der Waals surface area contributed by atoms with Crippen molar-refractivity contribution >= 4 is 23.4 Å². The predicted octanol–water partition coefficient (Wildman–Crippen LogP) is 6.14. The predicted molar refractivity (Wildman–Crippen MR) is 156 cm³/mol. The summed E-state index contributed by atoms with van der Waals surface area (Å²) in [5.74, 6) is -0.264. The minimum Gasteiger partial charge on any atom is -0.345 e. The Kier molecular flexibility index (Phi) is 8.71. The zero-order valence-corrected chi connectivity index (χ0v) is 22.5. The molecule has 0 spiro atoms. The molecule has 6 heteroatoms. The lowest BCUT2D eigenvalue weighted by atomic mass is 9.96. The van der Waals surface area contributed by atoms with E-state index in [1.54, 1.807) is 24.3 Å². The minimum absolute atomic E-state index is 0.0268. The first-order chi connectivity index (χ1) is 19.1. The Hall–Kier alpha value is -3.93. The number of halogens is 1. The van der Waals surface area contributed by atoms with Crippen LogP contribution in [0.25, 0.3) is 0 Å². The van der Waals surface area contributed by atoms with Gasteiger partial charge in [-0.25, -0.2) is 0 Å². The maximum Gasteiger partial charge on any atom is 0.253 e. The second-order valence-corrected chi connectivity index (χ2v) is 10.2. The molecule has 4 aromatic rings. The van der Waals surface area contributed by atoms with Crippen LogP contribution in [0.5, 0.6) is 0 Å². The van der Waals surface area contributed by atoms with E-state index in [0.29, 0.717) is 23.7 Å². The molecule has 39 heavy (non-hydrogen) atoms. The van der Waals surface area contributed by atoms with E-state index in [9.17, 15) is 9.59 Å². The third-order valence-corrected chi connectivity index (χ3v) is 7.60. The molecular formula is C33H32ClN3O2. The molecule has 0 aliphatic carbocycles. The Labute approximate surface area is 235 Å². The summed E-state index contributed by atoms with van der Waals surface area (Å²) in [4.78, 5) is 30.9. The lowest BCUT2D eigenvalue weighted by Crippen LogP contribution is -2.50. The van der Waals surface area contributed by atoms with Crippen LogP contribution in [0.3, 0.4) is 0 Å². The van der Waals surface area contributed by atoms with Crippen LogP contribution in [0.1, 0.15) is 45.6 Å². The van der Waals surface area contributed by atoms with Gasteiger partial charge in [-0.2, -0.15) is 0 Å². The van der Waals surface area contributed by atoms with Crippen molar-refractivity contribution in [2.45, 2.75) is 18.5 Å². The van der Waals surface area contributed by atoms with E-state index in [2.05, 4.69) is 58.7 Å². The molecule has 0 bridgehead atoms. The van der Waals surface area contributed by atoms with Gasteiger partial charge in [-0.3, -0.25) is 14.5 Å². The van der Waals surface area contributed by atoms with Gasteiger partial charge in [-0.05, 0) is 28.8 Å². The fourth-order valence-corrected chi connectivity index (χ4v) is 5.46. The standard InChI is InChI=1S/C33H32ClN3O2/c34-29-19-11-10-18-28(29)33(39)35-30(25-12-4-1-5-13-25)24-31(38)36-20-22-37(23-21-36)32(26-14-6-2-7-15-26)27-16-8-3-9-17-27/h1-19,30,32H,20-24H2,(H,35,39)/t30-/m1/s1. The molecule has 1 aliphatic rings. The van der Waals surface area contributed by atoms with Gasteiger partial charge < -0.3 is 10.2 Å².